The van der Waals surface area contributed by atoms with Crippen molar-refractivity contribution in [2.75, 3.05) is 0 Å². The van der Waals surface area contributed by atoms with Crippen molar-refractivity contribution in [2.45, 2.75) is 39.3 Å². The van der Waals surface area contributed by atoms with Crippen molar-refractivity contribution in [3.63, 3.8) is 0 Å². The zero-order valence-corrected chi connectivity index (χ0v) is 12.2. The van der Waals surface area contributed by atoms with Gasteiger partial charge in [-0.25, -0.2) is 0 Å². The van der Waals surface area contributed by atoms with E-state index in [1.165, 1.54) is 0 Å². The van der Waals surface area contributed by atoms with Crippen LogP contribution in [-0.4, -0.2) is 24.2 Å². The fourth-order valence-electron chi connectivity index (χ4n) is 2.20. The van der Waals surface area contributed by atoms with E-state index in [1.807, 2.05) is 4.42 Å². The van der Waals surface area contributed by atoms with E-state index < -0.39 is 16.1 Å². The van der Waals surface area contributed by atoms with Gasteiger partial charge in [0.25, 0.3) is 0 Å². The summed E-state index contributed by atoms with van der Waals surface area (Å²) >= 11 is 0. The lowest BCUT2D eigenvalue weighted by molar-refractivity contribution is 1.62. The van der Waals surface area contributed by atoms with Crippen LogP contribution in [-0.2, 0) is 0 Å². The van der Waals surface area contributed by atoms with E-state index in [-0.39, 0.29) is 8.01 Å². The van der Waals surface area contributed by atoms with Gasteiger partial charge in [-0.05, 0) is 0 Å². The Morgan fingerprint density at radius 3 is 1.25 bits per heavy atom. The summed E-state index contributed by atoms with van der Waals surface area (Å²) in [5.41, 5.74) is 4.94. The zero-order chi connectivity index (χ0) is 9.57. The highest BCUT2D eigenvalue weighted by molar-refractivity contribution is 7.07. The molecule has 0 nitrogen and oxygen atoms in total. The SMILES string of the molecule is C[Si](C)(C)C(=[si]1cc1)[Si](C)(C)C. The number of hydrogen-bond acceptors (Lipinski definition) is 0. The van der Waals surface area contributed by atoms with Gasteiger partial charge >= 0.3 is 0 Å². The molecule has 0 amide bonds. The molecule has 0 aliphatic carbocycles. The smallest absolute Gasteiger partial charge is 0.0638 e. The summed E-state index contributed by atoms with van der Waals surface area (Å²) < 4.78 is 2.04. The van der Waals surface area contributed by atoms with E-state index in [0.717, 1.165) is 0 Å². The van der Waals surface area contributed by atoms with Gasteiger partial charge < -0.3 is 0 Å². The van der Waals surface area contributed by atoms with Crippen molar-refractivity contribution >= 4 is 24.2 Å². The third-order valence-electron chi connectivity index (χ3n) is 2.12. The Bertz CT molecular complexity index is 262. The highest BCUT2D eigenvalue weighted by Crippen LogP contribution is 2.23. The second-order valence-electron chi connectivity index (χ2n) is 5.66. The molecule has 0 radical (unpaired) electrons. The maximum atomic E-state index is 2.51. The maximum Gasteiger partial charge on any atom is 0.0638 e. The van der Waals surface area contributed by atoms with Gasteiger partial charge in [0, 0.05) is 0 Å². The van der Waals surface area contributed by atoms with Crippen LogP contribution in [0, 0.1) is 4.42 Å². The third kappa shape index (κ3) is 2.37. The van der Waals surface area contributed by atoms with Crippen LogP contribution in [0.2, 0.25) is 39.3 Å². The highest BCUT2D eigenvalue weighted by Gasteiger charge is 2.31. The van der Waals surface area contributed by atoms with Gasteiger partial charge in [-0.15, -0.1) is 4.42 Å². The Balaban J connectivity index is 3.15. The van der Waals surface area contributed by atoms with Crippen molar-refractivity contribution in [2.24, 2.45) is 0 Å². The predicted octanol–water partition coefficient (Wildman–Crippen LogP) is 3.00. The van der Waals surface area contributed by atoms with Crippen molar-refractivity contribution in [1.29, 1.82) is 0 Å². The van der Waals surface area contributed by atoms with Gasteiger partial charge in [-0.3, -0.25) is 0 Å². The van der Waals surface area contributed by atoms with E-state index in [1.54, 1.807) is 0 Å². The number of hydrogen-bond donors (Lipinski definition) is 0. The van der Waals surface area contributed by atoms with E-state index in [2.05, 4.69) is 50.6 Å². The average molecular weight is 213 g/mol. The first-order chi connectivity index (χ1) is 5.23. The molecule has 0 atom stereocenters. The lowest BCUT2D eigenvalue weighted by atomic mass is 11.2. The lowest BCUT2D eigenvalue weighted by Gasteiger charge is -2.30. The van der Waals surface area contributed by atoms with Crippen molar-refractivity contribution in [3.05, 3.63) is 15.8 Å². The molecule has 0 unspecified atom stereocenters. The van der Waals surface area contributed by atoms with E-state index in [0.29, 0.717) is 0 Å². The summed E-state index contributed by atoms with van der Waals surface area (Å²) in [5, 5.41) is 0. The first-order valence-corrected chi connectivity index (χ1v) is 13.3. The van der Waals surface area contributed by atoms with E-state index >= 15 is 0 Å². The topological polar surface area (TPSA) is 0 Å². The third-order valence-corrected chi connectivity index (χ3v) is 17.1. The lowest BCUT2D eigenvalue weighted by Crippen LogP contribution is -2.42. The zero-order valence-electron chi connectivity index (χ0n) is 9.15. The molecular formula is C9H20Si3. The van der Waals surface area contributed by atoms with Crippen LogP contribution in [0.4, 0.5) is 0 Å². The van der Waals surface area contributed by atoms with Crippen LogP contribution in [0.15, 0.2) is 11.4 Å². The maximum absolute atomic E-state index is 2.51. The Kier molecular flexibility index (Phi) is 2.49. The fourth-order valence-corrected chi connectivity index (χ4v) is 19.8. The second-order valence-corrected chi connectivity index (χ2v) is 19.2. The molecule has 0 saturated heterocycles. The standard InChI is InChI=1S/C9H20Si3/c1-11(2,3)9(10-7-8-10)12(4,5)6/h7-8H,1-6H3. The van der Waals surface area contributed by atoms with Gasteiger partial charge in [0.15, 0.2) is 0 Å². The van der Waals surface area contributed by atoms with Gasteiger partial charge in [0.1, 0.15) is 0 Å². The van der Waals surface area contributed by atoms with Gasteiger partial charge in [-0.2, -0.15) is 0 Å². The molecule has 0 aliphatic heterocycles. The average Bonchev–Trinajstić information content (AvgIpc) is 2.38. The fraction of sp³-hybridized carbons (Fsp3) is 0.667. The molecule has 0 saturated carbocycles. The molecule has 1 aromatic rings. The summed E-state index contributed by atoms with van der Waals surface area (Å²) in [6.45, 7) is 15.1. The highest BCUT2D eigenvalue weighted by atomic mass is 28.4. The van der Waals surface area contributed by atoms with Crippen LogP contribution in [0.5, 0.6) is 0 Å². The molecule has 1 heterocycles. The largest absolute Gasteiger partial charge is 0.102 e. The minimum Gasteiger partial charge on any atom is -0.102 e. The normalized spacial score (nSPS) is 13.8. The molecule has 0 N–H and O–H groups in total. The molecule has 0 bridgehead atoms. The minimum atomic E-state index is -0.961. The van der Waals surface area contributed by atoms with Gasteiger partial charge in [0.05, 0.1) is 24.2 Å². The monoisotopic (exact) mass is 212 g/mol. The second kappa shape index (κ2) is 2.89. The molecule has 0 aromatic carbocycles. The quantitative estimate of drug-likeness (QED) is 0.661. The van der Waals surface area contributed by atoms with Crippen LogP contribution in [0.25, 0.3) is 0 Å². The van der Waals surface area contributed by atoms with Gasteiger partial charge in [0.2, 0.25) is 0 Å². The molecule has 0 fully saturated rings. The molecule has 3 heteroatoms. The Morgan fingerprint density at radius 2 is 1.17 bits per heavy atom. The molecule has 1 rings (SSSR count). The molecular weight excluding hydrogens is 192 g/mol. The van der Waals surface area contributed by atoms with Gasteiger partial charge in [-0.1, -0.05) is 50.6 Å². The summed E-state index contributed by atoms with van der Waals surface area (Å²) in [5.74, 6) is 0. The first kappa shape index (κ1) is 10.3. The summed E-state index contributed by atoms with van der Waals surface area (Å²) in [6.07, 6.45) is 0. The van der Waals surface area contributed by atoms with Crippen molar-refractivity contribution in [1.82, 2.24) is 0 Å². The molecule has 0 aliphatic rings. The van der Waals surface area contributed by atoms with Crippen LogP contribution in [0.1, 0.15) is 0 Å². The Morgan fingerprint density at radius 1 is 0.833 bits per heavy atom. The number of rotatable bonds is 2. The van der Waals surface area contributed by atoms with Crippen molar-refractivity contribution < 1.29 is 0 Å². The first-order valence-electron chi connectivity index (χ1n) is 4.66. The molecule has 1 aromatic heterocycles. The molecule has 12 heavy (non-hydrogen) atoms. The molecule has 68 valence electrons. The van der Waals surface area contributed by atoms with E-state index in [4.69, 9.17) is 0 Å². The summed E-state index contributed by atoms with van der Waals surface area (Å²) in [6, 6.07) is 0. The van der Waals surface area contributed by atoms with E-state index in [9.17, 15) is 0 Å². The Hall–Kier alpha value is 0.261. The summed E-state index contributed by atoms with van der Waals surface area (Å²) in [7, 11) is -2.07. The molecule has 0 spiro atoms. The van der Waals surface area contributed by atoms with Crippen LogP contribution >= 0.6 is 0 Å². The predicted molar refractivity (Wildman–Crippen MR) is 64.5 cm³/mol. The minimum absolute atomic E-state index is 0.148. The van der Waals surface area contributed by atoms with Crippen LogP contribution < -0.4 is 0 Å². The van der Waals surface area contributed by atoms with Crippen molar-refractivity contribution in [3.8, 4) is 0 Å². The summed E-state index contributed by atoms with van der Waals surface area (Å²) in [4.78, 5) is 0. The van der Waals surface area contributed by atoms with Crippen LogP contribution in [0.3, 0.4) is 0 Å². The Labute approximate surface area is 79.5 Å².